The Kier molecular flexibility index (Phi) is 5.68. The highest BCUT2D eigenvalue weighted by atomic mass is 32.2. The third-order valence-corrected chi connectivity index (χ3v) is 9.17. The average Bonchev–Trinajstić information content (AvgIpc) is 3.30. The van der Waals surface area contributed by atoms with Gasteiger partial charge in [0, 0.05) is 25.2 Å². The number of hydrogen-bond donors (Lipinski definition) is 1. The van der Waals surface area contributed by atoms with E-state index in [4.69, 9.17) is 5.26 Å². The quantitative estimate of drug-likeness (QED) is 0.617. The summed E-state index contributed by atoms with van der Waals surface area (Å²) in [4.78, 5) is 2.38. The normalized spacial score (nSPS) is 22.2. The number of sulfonamides is 1. The molecule has 1 fully saturated rings. The molecule has 0 radical (unpaired) electrons. The van der Waals surface area contributed by atoms with Crippen LogP contribution in [-0.2, 0) is 10.0 Å². The van der Waals surface area contributed by atoms with Crippen LogP contribution >= 0.6 is 0 Å². The van der Waals surface area contributed by atoms with E-state index in [1.54, 1.807) is 28.6 Å². The third kappa shape index (κ3) is 3.59. The number of anilines is 1. The predicted octanol–water partition coefficient (Wildman–Crippen LogP) is 4.10. The van der Waals surface area contributed by atoms with Crippen LogP contribution in [0.1, 0.15) is 29.2 Å². The lowest BCUT2D eigenvalue weighted by molar-refractivity contribution is 0.193. The van der Waals surface area contributed by atoms with Gasteiger partial charge in [0.15, 0.2) is 0 Å². The van der Waals surface area contributed by atoms with E-state index in [2.05, 4.69) is 17.0 Å². The summed E-state index contributed by atoms with van der Waals surface area (Å²) in [6.07, 6.45) is 0.686. The molecule has 0 saturated carbocycles. The van der Waals surface area contributed by atoms with Crippen molar-refractivity contribution in [1.82, 2.24) is 4.31 Å². The van der Waals surface area contributed by atoms with E-state index in [0.29, 0.717) is 23.4 Å². The van der Waals surface area contributed by atoms with Crippen molar-refractivity contribution < 1.29 is 13.5 Å². The van der Waals surface area contributed by atoms with Crippen LogP contribution in [0.5, 0.6) is 0 Å². The molecule has 34 heavy (non-hydrogen) atoms. The number of aryl methyl sites for hydroxylation is 1. The van der Waals surface area contributed by atoms with E-state index in [-0.39, 0.29) is 24.6 Å². The highest BCUT2D eigenvalue weighted by molar-refractivity contribution is 7.89. The molecular formula is C27H27N3O3S. The first-order valence-corrected chi connectivity index (χ1v) is 12.9. The number of rotatable bonds is 4. The fourth-order valence-corrected chi connectivity index (χ4v) is 7.11. The monoisotopic (exact) mass is 473 g/mol. The molecule has 0 unspecified atom stereocenters. The summed E-state index contributed by atoms with van der Waals surface area (Å²) in [6, 6.07) is 22.1. The van der Waals surface area contributed by atoms with E-state index in [0.717, 1.165) is 27.9 Å². The fourth-order valence-electron chi connectivity index (χ4n) is 5.44. The maximum absolute atomic E-state index is 13.7. The topological polar surface area (TPSA) is 84.6 Å². The number of aliphatic hydroxyl groups is 1. The molecule has 7 heteroatoms. The zero-order valence-corrected chi connectivity index (χ0v) is 20.0. The zero-order valence-electron chi connectivity index (χ0n) is 19.2. The first-order valence-electron chi connectivity index (χ1n) is 11.4. The molecule has 2 aliphatic heterocycles. The van der Waals surface area contributed by atoms with Crippen LogP contribution in [0.4, 0.5) is 5.69 Å². The Morgan fingerprint density at radius 3 is 2.35 bits per heavy atom. The largest absolute Gasteiger partial charge is 0.394 e. The standard InChI is InChI=1S/C27H27N3O3S/c1-18-3-10-22(11-4-18)34(32,33)30-14-13-23-26(17-31)29(2)25-12-9-21(15-24(25)27(23)30)20-7-5-19(16-28)6-8-20/h3-12,15,23,26-27,31H,13-14,17H2,1-2H3/t23-,26-,27-/m0/s1. The van der Waals surface area contributed by atoms with E-state index in [1.807, 2.05) is 50.4 Å². The van der Waals surface area contributed by atoms with E-state index < -0.39 is 10.0 Å². The number of nitrogens with zero attached hydrogens (tertiary/aromatic N) is 3. The second-order valence-corrected chi connectivity index (χ2v) is 11.0. The molecule has 0 spiro atoms. The minimum absolute atomic E-state index is 0.0149. The Balaban J connectivity index is 1.63. The van der Waals surface area contributed by atoms with Crippen molar-refractivity contribution in [3.05, 3.63) is 83.4 Å². The van der Waals surface area contributed by atoms with Gasteiger partial charge in [-0.05, 0) is 66.4 Å². The smallest absolute Gasteiger partial charge is 0.243 e. The van der Waals surface area contributed by atoms with Crippen molar-refractivity contribution in [2.75, 3.05) is 25.1 Å². The molecule has 3 aromatic carbocycles. The molecule has 5 rings (SSSR count). The Labute approximate surface area is 200 Å². The summed E-state index contributed by atoms with van der Waals surface area (Å²) in [7, 11) is -1.74. The number of benzene rings is 3. The molecule has 3 aromatic rings. The summed E-state index contributed by atoms with van der Waals surface area (Å²) in [5.41, 5.74) is 5.43. The summed E-state index contributed by atoms with van der Waals surface area (Å²) in [5.74, 6) is -0.0149. The second kappa shape index (κ2) is 8.55. The minimum atomic E-state index is -3.71. The lowest BCUT2D eigenvalue weighted by atomic mass is 9.81. The SMILES string of the molecule is Cc1ccc(S(=O)(=O)N2CC[C@@H]3[C@H]2c2cc(-c4ccc(C#N)cc4)ccc2N(C)[C@H]3CO)cc1. The van der Waals surface area contributed by atoms with Crippen LogP contribution in [0.25, 0.3) is 11.1 Å². The molecule has 1 N–H and O–H groups in total. The molecule has 0 aromatic heterocycles. The van der Waals surface area contributed by atoms with Gasteiger partial charge >= 0.3 is 0 Å². The molecule has 2 aliphatic rings. The maximum atomic E-state index is 13.7. The van der Waals surface area contributed by atoms with E-state index >= 15 is 0 Å². The van der Waals surface area contributed by atoms with Crippen molar-refractivity contribution >= 4 is 15.7 Å². The van der Waals surface area contributed by atoms with Crippen molar-refractivity contribution in [1.29, 1.82) is 5.26 Å². The molecule has 0 bridgehead atoms. The van der Waals surface area contributed by atoms with Gasteiger partial charge in [0.1, 0.15) is 0 Å². The van der Waals surface area contributed by atoms with Gasteiger partial charge in [0.25, 0.3) is 0 Å². The lowest BCUT2D eigenvalue weighted by Crippen LogP contribution is -2.48. The summed E-state index contributed by atoms with van der Waals surface area (Å²) in [6.45, 7) is 2.31. The van der Waals surface area contributed by atoms with Crippen LogP contribution in [0, 0.1) is 24.2 Å². The molecular weight excluding hydrogens is 446 g/mol. The number of likely N-dealkylation sites (N-methyl/N-ethyl adjacent to an activating group) is 1. The Morgan fingerprint density at radius 2 is 1.71 bits per heavy atom. The van der Waals surface area contributed by atoms with Crippen LogP contribution in [0.15, 0.2) is 71.6 Å². The Bertz CT molecular complexity index is 1360. The maximum Gasteiger partial charge on any atom is 0.243 e. The van der Waals surface area contributed by atoms with Gasteiger partial charge in [-0.25, -0.2) is 8.42 Å². The van der Waals surface area contributed by atoms with Gasteiger partial charge in [0.05, 0.1) is 35.2 Å². The zero-order chi connectivity index (χ0) is 24.0. The molecule has 3 atom stereocenters. The van der Waals surface area contributed by atoms with E-state index in [9.17, 15) is 13.5 Å². The van der Waals surface area contributed by atoms with Gasteiger partial charge in [0.2, 0.25) is 10.0 Å². The third-order valence-electron chi connectivity index (χ3n) is 7.28. The van der Waals surface area contributed by atoms with Crippen molar-refractivity contribution in [2.24, 2.45) is 5.92 Å². The Hall–Kier alpha value is -3.18. The number of aliphatic hydroxyl groups excluding tert-OH is 1. The molecule has 174 valence electrons. The summed E-state index contributed by atoms with van der Waals surface area (Å²) < 4.78 is 29.1. The van der Waals surface area contributed by atoms with Gasteiger partial charge in [-0.3, -0.25) is 0 Å². The molecule has 0 aliphatic carbocycles. The first-order chi connectivity index (χ1) is 16.3. The fraction of sp³-hybridized carbons (Fsp3) is 0.296. The van der Waals surface area contributed by atoms with Crippen molar-refractivity contribution in [2.45, 2.75) is 30.3 Å². The first kappa shape index (κ1) is 22.6. The number of hydrogen-bond acceptors (Lipinski definition) is 5. The number of nitriles is 1. The molecule has 6 nitrogen and oxygen atoms in total. The average molecular weight is 474 g/mol. The summed E-state index contributed by atoms with van der Waals surface area (Å²) in [5, 5.41) is 19.3. The number of fused-ring (bicyclic) bond motifs is 3. The van der Waals surface area contributed by atoms with Gasteiger partial charge in [-0.2, -0.15) is 9.57 Å². The molecule has 1 saturated heterocycles. The molecule has 0 amide bonds. The van der Waals surface area contributed by atoms with Crippen LogP contribution < -0.4 is 4.90 Å². The van der Waals surface area contributed by atoms with Crippen LogP contribution in [0.3, 0.4) is 0 Å². The van der Waals surface area contributed by atoms with Crippen molar-refractivity contribution in [3.8, 4) is 17.2 Å². The second-order valence-electron chi connectivity index (χ2n) is 9.15. The van der Waals surface area contributed by atoms with Crippen LogP contribution in [0.2, 0.25) is 0 Å². The Morgan fingerprint density at radius 1 is 1.03 bits per heavy atom. The van der Waals surface area contributed by atoms with Gasteiger partial charge in [-0.15, -0.1) is 0 Å². The van der Waals surface area contributed by atoms with E-state index in [1.165, 1.54) is 0 Å². The van der Waals surface area contributed by atoms with Crippen LogP contribution in [-0.4, -0.2) is 44.1 Å². The minimum Gasteiger partial charge on any atom is -0.394 e. The van der Waals surface area contributed by atoms with Gasteiger partial charge < -0.3 is 10.0 Å². The predicted molar refractivity (Wildman–Crippen MR) is 132 cm³/mol. The van der Waals surface area contributed by atoms with Gasteiger partial charge in [-0.1, -0.05) is 35.9 Å². The van der Waals surface area contributed by atoms with Crippen molar-refractivity contribution in [3.63, 3.8) is 0 Å². The lowest BCUT2D eigenvalue weighted by Gasteiger charge is -2.44. The highest BCUT2D eigenvalue weighted by Crippen LogP contribution is 2.51. The summed E-state index contributed by atoms with van der Waals surface area (Å²) >= 11 is 0. The molecule has 2 heterocycles. The highest BCUT2D eigenvalue weighted by Gasteiger charge is 2.50.